The van der Waals surface area contributed by atoms with E-state index in [1.165, 1.54) is 36.4 Å². The number of pyridine rings is 2. The Morgan fingerprint density at radius 3 is 1.28 bits per heavy atom. The fourth-order valence-corrected chi connectivity index (χ4v) is 8.50. The van der Waals surface area contributed by atoms with Gasteiger partial charge in [0, 0.05) is 81.4 Å². The smallest absolute Gasteiger partial charge is 0.545 e. The Kier molecular flexibility index (Phi) is 19.8. The van der Waals surface area contributed by atoms with E-state index in [2.05, 4.69) is 21.3 Å². The zero-order valence-electron chi connectivity index (χ0n) is 42.9. The molecule has 0 saturated carbocycles. The maximum absolute atomic E-state index is 13.8. The normalized spacial score (nSPS) is 10.6. The van der Waals surface area contributed by atoms with Gasteiger partial charge in [-0.25, -0.2) is 0 Å². The second kappa shape index (κ2) is 26.2. The molecule has 0 aliphatic rings. The van der Waals surface area contributed by atoms with Crippen LogP contribution < -0.4 is 112 Å². The van der Waals surface area contributed by atoms with Gasteiger partial charge >= 0.3 is 59.1 Å². The fraction of sp³-hybridized carbons (Fsp3) is 0.143. The molecule has 0 atom stereocenters. The zero-order chi connectivity index (χ0) is 54.2. The molecule has 0 radical (unpaired) electrons. The maximum Gasteiger partial charge on any atom is 1.00 e. The SMILES string of the molecule is Cc1c(C(=O)c2ccc(N)c(C(=O)[O-])c2)c2ccccn2c1NC(=O)c1cccc(OCC(=O)NCCCCNC(=O)COc2cccc(C(=O)Nc3c(C)c(C(=O)c4ccc(N)c(C(=O)[O-])c4)c4ccccn34)c2)c1.[Na+].[Na+]. The van der Waals surface area contributed by atoms with Gasteiger partial charge in [0.1, 0.15) is 23.1 Å². The molecule has 78 heavy (non-hydrogen) atoms. The summed E-state index contributed by atoms with van der Waals surface area (Å²) in [5.74, 6) is -4.75. The predicted molar refractivity (Wildman–Crippen MR) is 277 cm³/mol. The van der Waals surface area contributed by atoms with E-state index in [0.717, 1.165) is 12.1 Å². The predicted octanol–water partition coefficient (Wildman–Crippen LogP) is -1.85. The van der Waals surface area contributed by atoms with Crippen LogP contribution in [0.15, 0.2) is 134 Å². The average Bonchev–Trinajstić information content (AvgIpc) is 3.98. The number of unbranched alkanes of at least 4 members (excludes halogenated alkanes) is 1. The topological polar surface area (TPSA) is 310 Å². The first-order valence-corrected chi connectivity index (χ1v) is 23.6. The van der Waals surface area contributed by atoms with Gasteiger partial charge in [0.05, 0.1) is 34.1 Å². The summed E-state index contributed by atoms with van der Waals surface area (Å²) in [7, 11) is 0. The minimum atomic E-state index is -1.52. The number of aromatic nitrogens is 2. The number of hydrogen-bond donors (Lipinski definition) is 6. The molecule has 0 fully saturated rings. The van der Waals surface area contributed by atoms with Gasteiger partial charge in [-0.3, -0.25) is 28.8 Å². The van der Waals surface area contributed by atoms with Gasteiger partial charge in [-0.05, 0) is 124 Å². The maximum atomic E-state index is 13.8. The standard InChI is InChI=1S/C56H50N8O12.2Na/c1-31-47(49(67)33-17-19-41(57)39(27-33)55(71)72)43-15-3-7-23-63(43)51(31)61-53(69)35-11-9-13-37(25-35)75-29-45(65)59-21-5-6-22-60-46(66)30-76-38-14-10-12-36(26-38)54(70)62-52-32(2)48(44-16-4-8-24-64(44)52)50(68)34-18-20-42(58)40(28-34)56(73)74;;/h3-4,7-20,23-28H,5-6,21-22,29-30,57-58H2,1-2H3,(H,59,65)(H,60,66)(H,61,69)(H,62,70)(H,71,72)(H,73,74);;/q;2*+1/p-2. The number of carboxylic acids is 2. The van der Waals surface area contributed by atoms with Crippen molar-refractivity contribution < 1.29 is 117 Å². The Morgan fingerprint density at radius 2 is 0.897 bits per heavy atom. The van der Waals surface area contributed by atoms with E-state index in [9.17, 15) is 48.6 Å². The summed E-state index contributed by atoms with van der Waals surface area (Å²) in [6.07, 6.45) is 4.40. The number of carboxylic acid groups (broad SMARTS) is 2. The average molecular weight is 1070 g/mol. The molecule has 386 valence electrons. The van der Waals surface area contributed by atoms with Gasteiger partial charge in [-0.1, -0.05) is 24.3 Å². The van der Waals surface area contributed by atoms with Crippen LogP contribution in [0.4, 0.5) is 23.0 Å². The fourth-order valence-electron chi connectivity index (χ4n) is 8.50. The van der Waals surface area contributed by atoms with E-state index in [1.807, 2.05) is 0 Å². The Morgan fingerprint density at radius 1 is 0.500 bits per heavy atom. The van der Waals surface area contributed by atoms with E-state index in [0.29, 0.717) is 59.7 Å². The van der Waals surface area contributed by atoms with E-state index in [4.69, 9.17) is 20.9 Å². The number of nitrogen functional groups attached to an aromatic ring is 2. The number of carbonyl (C=O) groups excluding carboxylic acids is 8. The third-order valence-corrected chi connectivity index (χ3v) is 12.3. The number of ether oxygens (including phenoxy) is 2. The number of nitrogens with zero attached hydrogens (tertiary/aromatic N) is 2. The summed E-state index contributed by atoms with van der Waals surface area (Å²) in [4.78, 5) is 103. The number of anilines is 4. The van der Waals surface area contributed by atoms with Crippen LogP contribution in [-0.4, -0.2) is 82.2 Å². The number of ketones is 2. The van der Waals surface area contributed by atoms with Crippen molar-refractivity contribution in [3.05, 3.63) is 189 Å². The summed E-state index contributed by atoms with van der Waals surface area (Å²) < 4.78 is 14.6. The van der Waals surface area contributed by atoms with Crippen molar-refractivity contribution in [2.24, 2.45) is 0 Å². The van der Waals surface area contributed by atoms with Crippen molar-refractivity contribution in [1.29, 1.82) is 0 Å². The van der Waals surface area contributed by atoms with Crippen molar-refractivity contribution in [1.82, 2.24) is 19.4 Å². The number of aromatic carboxylic acids is 2. The van der Waals surface area contributed by atoms with Crippen molar-refractivity contribution >= 4 is 81.2 Å². The van der Waals surface area contributed by atoms with Crippen molar-refractivity contribution in [3.63, 3.8) is 0 Å². The molecule has 22 heteroatoms. The van der Waals surface area contributed by atoms with Crippen LogP contribution in [0.25, 0.3) is 11.0 Å². The molecule has 0 aliphatic carbocycles. The van der Waals surface area contributed by atoms with Gasteiger partial charge in [-0.15, -0.1) is 0 Å². The number of nitrogens with one attached hydrogen (secondary N) is 4. The first-order valence-electron chi connectivity index (χ1n) is 23.6. The summed E-state index contributed by atoms with van der Waals surface area (Å²) in [5.41, 5.74) is 13.7. The van der Waals surface area contributed by atoms with Crippen LogP contribution in [0.3, 0.4) is 0 Å². The van der Waals surface area contributed by atoms with Gasteiger partial charge in [0.15, 0.2) is 24.8 Å². The number of amides is 4. The van der Waals surface area contributed by atoms with Gasteiger partial charge in [0.2, 0.25) is 0 Å². The Bertz CT molecular complexity index is 3430. The molecule has 4 amide bonds. The summed E-state index contributed by atoms with van der Waals surface area (Å²) in [6, 6.07) is 30.5. The molecule has 4 heterocycles. The number of carbonyl (C=O) groups is 8. The molecule has 0 bridgehead atoms. The second-order valence-electron chi connectivity index (χ2n) is 17.4. The van der Waals surface area contributed by atoms with Gasteiger partial charge in [-0.2, -0.15) is 0 Å². The number of benzene rings is 4. The zero-order valence-corrected chi connectivity index (χ0v) is 46.9. The largest absolute Gasteiger partial charge is 1.00 e. The first kappa shape index (κ1) is 59.0. The van der Waals surface area contributed by atoms with Crippen LogP contribution in [-0.2, 0) is 9.59 Å². The molecular weight excluding hydrogens is 1020 g/mol. The van der Waals surface area contributed by atoms with Crippen molar-refractivity contribution in [3.8, 4) is 11.5 Å². The molecule has 0 aliphatic heterocycles. The van der Waals surface area contributed by atoms with Gasteiger partial charge < -0.3 is 70.8 Å². The Labute approximate surface area is 490 Å². The van der Waals surface area contributed by atoms with Crippen LogP contribution in [0, 0.1) is 13.8 Å². The number of rotatable bonds is 21. The van der Waals surface area contributed by atoms with Gasteiger partial charge in [0.25, 0.3) is 23.6 Å². The number of nitrogens with two attached hydrogens (primary N) is 2. The molecule has 8 rings (SSSR count). The van der Waals surface area contributed by atoms with Crippen molar-refractivity contribution in [2.45, 2.75) is 26.7 Å². The molecule has 4 aromatic heterocycles. The van der Waals surface area contributed by atoms with Crippen LogP contribution in [0.1, 0.15) is 97.2 Å². The quantitative estimate of drug-likeness (QED) is 0.0199. The molecule has 0 saturated heterocycles. The van der Waals surface area contributed by atoms with E-state index < -0.39 is 47.1 Å². The van der Waals surface area contributed by atoms with E-state index in [1.54, 1.807) is 108 Å². The molecule has 20 nitrogen and oxygen atoms in total. The molecule has 0 spiro atoms. The van der Waals surface area contributed by atoms with Crippen molar-refractivity contribution in [2.75, 3.05) is 48.4 Å². The summed E-state index contributed by atoms with van der Waals surface area (Å²) >= 11 is 0. The molecule has 8 N–H and O–H groups in total. The molecule has 8 aromatic rings. The Balaban J connectivity index is 0.00000492. The first-order chi connectivity index (χ1) is 36.5. The Hall–Kier alpha value is -8.24. The minimum Gasteiger partial charge on any atom is -0.545 e. The summed E-state index contributed by atoms with van der Waals surface area (Å²) in [6.45, 7) is 3.23. The van der Waals surface area contributed by atoms with Crippen LogP contribution in [0.2, 0.25) is 0 Å². The van der Waals surface area contributed by atoms with E-state index in [-0.39, 0.29) is 140 Å². The number of fused-ring (bicyclic) bond motifs is 2. The van der Waals surface area contributed by atoms with Crippen LogP contribution >= 0.6 is 0 Å². The molecule has 4 aromatic carbocycles. The monoisotopic (exact) mass is 1070 g/mol. The third kappa shape index (κ3) is 13.3. The minimum absolute atomic E-state index is 0. The third-order valence-electron chi connectivity index (χ3n) is 12.3. The summed E-state index contributed by atoms with van der Waals surface area (Å²) in [5, 5.41) is 34.4. The number of hydrogen-bond acceptors (Lipinski definition) is 14. The molecular formula is C56H48N8Na2O12. The van der Waals surface area contributed by atoms with Crippen LogP contribution in [0.5, 0.6) is 11.5 Å². The molecule has 0 unspecified atom stereocenters. The van der Waals surface area contributed by atoms with E-state index >= 15 is 0 Å². The second-order valence-corrected chi connectivity index (χ2v) is 17.4.